The van der Waals surface area contributed by atoms with E-state index in [2.05, 4.69) is 241 Å². The van der Waals surface area contributed by atoms with Gasteiger partial charge in [-0.05, 0) is 97.1 Å². The normalized spacial score (nSPS) is 12.5. The molecule has 0 saturated heterocycles. The second-order valence-electron chi connectivity index (χ2n) is 17.1. The van der Waals surface area contributed by atoms with Gasteiger partial charge in [-0.2, -0.15) is 0 Å². The first-order valence-electron chi connectivity index (χ1n) is 22.3. The highest BCUT2D eigenvalue weighted by molar-refractivity contribution is 7.19. The molecule has 0 amide bonds. The van der Waals surface area contributed by atoms with Crippen LogP contribution in [0.15, 0.2) is 243 Å². The molecule has 3 heterocycles. The smallest absolute Gasteiger partial charge is 0.434 e. The van der Waals surface area contributed by atoms with Gasteiger partial charge in [0.15, 0.2) is 8.07 Å². The molecule has 5 heteroatoms. The van der Waals surface area contributed by atoms with Crippen LogP contribution in [0.5, 0.6) is 17.2 Å². The van der Waals surface area contributed by atoms with Crippen LogP contribution < -0.4 is 41.1 Å². The van der Waals surface area contributed by atoms with Crippen LogP contribution in [0.2, 0.25) is 0 Å². The molecule has 2 aliphatic heterocycles. The molecular formula is C60H40BNO2Si. The number of nitrogens with zero attached hydrogens (tertiary/aromatic N) is 1. The zero-order chi connectivity index (χ0) is 42.9. The number of hydrogen-bond acceptors (Lipinski definition) is 2. The third-order valence-corrected chi connectivity index (χ3v) is 18.4. The van der Waals surface area contributed by atoms with Gasteiger partial charge in [0, 0.05) is 32.9 Å². The lowest BCUT2D eigenvalue weighted by Gasteiger charge is -2.35. The Balaban J connectivity index is 0.968. The monoisotopic (exact) mass is 845 g/mol. The average Bonchev–Trinajstić information content (AvgIpc) is 3.72. The second-order valence-corrected chi connectivity index (χ2v) is 20.9. The topological polar surface area (TPSA) is 23.4 Å². The largest absolute Gasteiger partial charge is 0.551 e. The van der Waals surface area contributed by atoms with Gasteiger partial charge in [0.2, 0.25) is 0 Å². The van der Waals surface area contributed by atoms with Crippen LogP contribution >= 0.6 is 0 Å². The predicted octanol–water partition coefficient (Wildman–Crippen LogP) is 10.8. The number of rotatable bonds is 7. The second kappa shape index (κ2) is 15.0. The summed E-state index contributed by atoms with van der Waals surface area (Å²) >= 11 is 0. The molecule has 0 N–H and O–H groups in total. The summed E-state index contributed by atoms with van der Waals surface area (Å²) in [6, 6.07) is 88.4. The average molecular weight is 846 g/mol. The van der Waals surface area contributed by atoms with Gasteiger partial charge in [-0.25, -0.2) is 0 Å². The van der Waals surface area contributed by atoms with E-state index in [0.717, 1.165) is 67.2 Å². The molecule has 2 aliphatic rings. The summed E-state index contributed by atoms with van der Waals surface area (Å²) < 4.78 is 16.3. The summed E-state index contributed by atoms with van der Waals surface area (Å²) in [5, 5.41) is 7.87. The van der Waals surface area contributed by atoms with Crippen LogP contribution in [-0.4, -0.2) is 19.6 Å². The first kappa shape index (κ1) is 37.4. The van der Waals surface area contributed by atoms with Crippen molar-refractivity contribution in [3.05, 3.63) is 243 Å². The number of hydrogen-bond donors (Lipinski definition) is 0. The van der Waals surface area contributed by atoms with Crippen LogP contribution in [-0.2, 0) is 0 Å². The summed E-state index contributed by atoms with van der Waals surface area (Å²) in [6.45, 7) is -0.314. The molecule has 13 rings (SSSR count). The third-order valence-electron chi connectivity index (χ3n) is 13.6. The highest BCUT2D eigenvalue weighted by Crippen LogP contribution is 2.43. The molecule has 0 spiro atoms. The Labute approximate surface area is 379 Å². The zero-order valence-electron chi connectivity index (χ0n) is 35.4. The highest BCUT2D eigenvalue weighted by Gasteiger charge is 2.43. The van der Waals surface area contributed by atoms with Crippen molar-refractivity contribution in [2.45, 2.75) is 0 Å². The maximum atomic E-state index is 7.12. The van der Waals surface area contributed by atoms with E-state index in [0.29, 0.717) is 0 Å². The van der Waals surface area contributed by atoms with Crippen molar-refractivity contribution in [3.8, 4) is 56.3 Å². The molecule has 3 nitrogen and oxygen atoms in total. The molecule has 0 radical (unpaired) electrons. The van der Waals surface area contributed by atoms with Crippen molar-refractivity contribution in [1.29, 1.82) is 0 Å². The van der Waals surface area contributed by atoms with Crippen LogP contribution in [0, 0.1) is 0 Å². The SMILES string of the molecule is c1ccc([Si](c2ccccc2)(c2ccccc2)c2cccc(-c3cc4c5c(c3)-c3ccc(-c6cccc(-n7c8ccccc8c8ccccc87)c6)cc3OB5c3ccccc3O4)c2)cc1. The fraction of sp³-hybridized carbons (Fsp3) is 0. The van der Waals surface area contributed by atoms with Crippen LogP contribution in [0.3, 0.4) is 0 Å². The van der Waals surface area contributed by atoms with Crippen molar-refractivity contribution >= 4 is 68.5 Å². The zero-order valence-corrected chi connectivity index (χ0v) is 36.4. The van der Waals surface area contributed by atoms with E-state index in [-0.39, 0.29) is 6.92 Å². The van der Waals surface area contributed by atoms with Gasteiger partial charge in [-0.15, -0.1) is 0 Å². The number of para-hydroxylation sites is 3. The highest BCUT2D eigenvalue weighted by atomic mass is 28.3. The molecule has 65 heavy (non-hydrogen) atoms. The summed E-state index contributed by atoms with van der Waals surface area (Å²) in [5.41, 5.74) is 12.3. The van der Waals surface area contributed by atoms with E-state index in [1.165, 1.54) is 42.6 Å². The van der Waals surface area contributed by atoms with E-state index < -0.39 is 8.07 Å². The van der Waals surface area contributed by atoms with Crippen molar-refractivity contribution in [3.63, 3.8) is 0 Å². The molecule has 1 aromatic heterocycles. The molecule has 0 saturated carbocycles. The quantitative estimate of drug-likeness (QED) is 0.118. The van der Waals surface area contributed by atoms with Crippen molar-refractivity contribution in [2.24, 2.45) is 0 Å². The van der Waals surface area contributed by atoms with E-state index in [9.17, 15) is 0 Å². The minimum atomic E-state index is -2.76. The minimum Gasteiger partial charge on any atom is -0.551 e. The van der Waals surface area contributed by atoms with E-state index in [1.54, 1.807) is 0 Å². The lowest BCUT2D eigenvalue weighted by atomic mass is 9.50. The molecule has 0 aliphatic carbocycles. The molecule has 0 unspecified atom stereocenters. The summed E-state index contributed by atoms with van der Waals surface area (Å²) in [4.78, 5) is 0. The lowest BCUT2D eigenvalue weighted by Crippen LogP contribution is -2.74. The lowest BCUT2D eigenvalue weighted by molar-refractivity contribution is 0.479. The maximum Gasteiger partial charge on any atom is 0.434 e. The van der Waals surface area contributed by atoms with Gasteiger partial charge in [-0.1, -0.05) is 194 Å². The molecule has 0 atom stereocenters. The summed E-state index contributed by atoms with van der Waals surface area (Å²) in [7, 11) is -2.76. The Kier molecular flexibility index (Phi) is 8.65. The summed E-state index contributed by atoms with van der Waals surface area (Å²) in [6.07, 6.45) is 0. The van der Waals surface area contributed by atoms with Crippen molar-refractivity contribution in [1.82, 2.24) is 4.57 Å². The Bertz CT molecular complexity index is 3470. The van der Waals surface area contributed by atoms with Crippen LogP contribution in [0.4, 0.5) is 0 Å². The predicted molar refractivity (Wildman–Crippen MR) is 273 cm³/mol. The standard InChI is InChI=1S/C60H40BNO2Si/c1-4-21-46(22-5-1)65(47-23-6-2-7-24-47,48-25-8-3-9-26-48)49-27-17-19-42(37-49)44-38-53-52-35-34-43(39-58(52)64-61-54-30-12-15-33-57(54)63-59(40-44)60(53)61)41-18-16-20-45(36-41)62-55-31-13-10-28-50(55)51-29-11-14-32-56(51)62/h1-40H. The molecular weight excluding hydrogens is 806 g/mol. The fourth-order valence-electron chi connectivity index (χ4n) is 10.7. The Morgan fingerprint density at radius 2 is 0.892 bits per heavy atom. The fourth-order valence-corrected chi connectivity index (χ4v) is 15.5. The van der Waals surface area contributed by atoms with Crippen LogP contribution in [0.1, 0.15) is 0 Å². The molecule has 11 aromatic rings. The minimum absolute atomic E-state index is 0.314. The molecule has 0 bridgehead atoms. The van der Waals surface area contributed by atoms with E-state index >= 15 is 0 Å². The van der Waals surface area contributed by atoms with Gasteiger partial charge < -0.3 is 14.0 Å². The van der Waals surface area contributed by atoms with Gasteiger partial charge in [0.25, 0.3) is 0 Å². The Morgan fingerprint density at radius 3 is 1.57 bits per heavy atom. The Morgan fingerprint density at radius 1 is 0.354 bits per heavy atom. The van der Waals surface area contributed by atoms with Crippen molar-refractivity contribution in [2.75, 3.05) is 0 Å². The van der Waals surface area contributed by atoms with E-state index in [4.69, 9.17) is 9.39 Å². The Hall–Kier alpha value is -8.12. The van der Waals surface area contributed by atoms with Crippen molar-refractivity contribution < 1.29 is 9.39 Å². The van der Waals surface area contributed by atoms with Gasteiger partial charge in [-0.3, -0.25) is 0 Å². The molecule has 304 valence electrons. The van der Waals surface area contributed by atoms with E-state index in [1.807, 2.05) is 6.07 Å². The molecule has 0 fully saturated rings. The van der Waals surface area contributed by atoms with Gasteiger partial charge in [0.05, 0.1) is 11.0 Å². The third kappa shape index (κ3) is 5.90. The number of aromatic nitrogens is 1. The first-order valence-corrected chi connectivity index (χ1v) is 24.3. The first-order chi connectivity index (χ1) is 32.2. The number of benzene rings is 10. The van der Waals surface area contributed by atoms with Gasteiger partial charge in [0.1, 0.15) is 17.2 Å². The number of fused-ring (bicyclic) bond motifs is 7. The summed E-state index contributed by atoms with van der Waals surface area (Å²) in [5.74, 6) is 2.52. The maximum absolute atomic E-state index is 7.12. The molecule has 10 aromatic carbocycles. The number of ether oxygens (including phenoxy) is 1. The van der Waals surface area contributed by atoms with Crippen LogP contribution in [0.25, 0.3) is 60.9 Å². The van der Waals surface area contributed by atoms with Gasteiger partial charge >= 0.3 is 6.92 Å².